The lowest BCUT2D eigenvalue weighted by Gasteiger charge is -2.04. The van der Waals surface area contributed by atoms with Crippen LogP contribution < -0.4 is 5.43 Å². The van der Waals surface area contributed by atoms with E-state index in [0.717, 1.165) is 22.5 Å². The Balaban J connectivity index is 2.07. The predicted molar refractivity (Wildman–Crippen MR) is 99.9 cm³/mol. The van der Waals surface area contributed by atoms with Crippen LogP contribution in [0.15, 0.2) is 59.8 Å². The van der Waals surface area contributed by atoms with Gasteiger partial charge in [-0.25, -0.2) is 10.1 Å². The van der Waals surface area contributed by atoms with Gasteiger partial charge in [0, 0.05) is 24.2 Å². The molecule has 3 aromatic rings. The molecule has 5 nitrogen and oxygen atoms in total. The second kappa shape index (κ2) is 7.13. The first-order valence-corrected chi connectivity index (χ1v) is 8.07. The van der Waals surface area contributed by atoms with Crippen molar-refractivity contribution in [2.75, 3.05) is 0 Å². The van der Waals surface area contributed by atoms with Gasteiger partial charge in [-0.2, -0.15) is 10.2 Å². The minimum absolute atomic E-state index is 0.209. The van der Waals surface area contributed by atoms with Crippen LogP contribution in [0.4, 0.5) is 0 Å². The highest BCUT2D eigenvalue weighted by molar-refractivity contribution is 5.89. The van der Waals surface area contributed by atoms with E-state index in [9.17, 15) is 4.79 Å². The lowest BCUT2D eigenvalue weighted by Crippen LogP contribution is -2.12. The Kier molecular flexibility index (Phi) is 4.75. The molecule has 2 aromatic carbocycles. The van der Waals surface area contributed by atoms with Crippen molar-refractivity contribution in [1.82, 2.24) is 15.2 Å². The van der Waals surface area contributed by atoms with Gasteiger partial charge in [0.15, 0.2) is 0 Å². The molecule has 3 rings (SSSR count). The fourth-order valence-electron chi connectivity index (χ4n) is 2.50. The van der Waals surface area contributed by atoms with Gasteiger partial charge in [0.05, 0.1) is 11.9 Å². The van der Waals surface area contributed by atoms with E-state index in [1.807, 2.05) is 41.2 Å². The molecule has 1 N–H and O–H groups in total. The molecule has 0 aliphatic rings. The number of aromatic nitrogens is 2. The van der Waals surface area contributed by atoms with Crippen LogP contribution in [0, 0.1) is 13.8 Å². The monoisotopic (exact) mass is 332 g/mol. The molecule has 0 bridgehead atoms. The molecule has 25 heavy (non-hydrogen) atoms. The number of hydrogen-bond donors (Lipinski definition) is 1. The summed E-state index contributed by atoms with van der Waals surface area (Å²) in [6, 6.07) is 16.1. The molecule has 0 fully saturated rings. The number of carbonyl (C=O) groups is 1. The molecule has 0 aliphatic heterocycles. The van der Waals surface area contributed by atoms with Gasteiger partial charge in [-0.15, -0.1) is 0 Å². The SMILES string of the molecule is CC(=O)N/N=C\c1cn(-c2ccccc2)nc1-c1ccc(C)c(C)c1. The standard InChI is InChI=1S/C20H20N4O/c1-14-9-10-17(11-15(14)2)20-18(12-21-22-16(3)25)13-24(23-20)19-7-5-4-6-8-19/h4-13H,1-3H3,(H,22,25)/b21-12-. The number of benzene rings is 2. The molecular weight excluding hydrogens is 312 g/mol. The lowest BCUT2D eigenvalue weighted by atomic mass is 10.0. The van der Waals surface area contributed by atoms with Gasteiger partial charge in [0.2, 0.25) is 5.91 Å². The number of amides is 1. The molecule has 5 heteroatoms. The summed E-state index contributed by atoms with van der Waals surface area (Å²) in [4.78, 5) is 11.1. The van der Waals surface area contributed by atoms with E-state index in [2.05, 4.69) is 42.6 Å². The lowest BCUT2D eigenvalue weighted by molar-refractivity contribution is -0.118. The molecule has 126 valence electrons. The highest BCUT2D eigenvalue weighted by Crippen LogP contribution is 2.24. The molecule has 0 saturated heterocycles. The van der Waals surface area contributed by atoms with E-state index in [0.29, 0.717) is 0 Å². The van der Waals surface area contributed by atoms with Crippen molar-refractivity contribution in [3.05, 3.63) is 71.4 Å². The van der Waals surface area contributed by atoms with Gasteiger partial charge in [-0.1, -0.05) is 30.3 Å². The molecule has 1 heterocycles. The maximum atomic E-state index is 11.1. The van der Waals surface area contributed by atoms with Crippen LogP contribution in [-0.4, -0.2) is 21.9 Å². The summed E-state index contributed by atoms with van der Waals surface area (Å²) in [5, 5.41) is 8.73. The fourth-order valence-corrected chi connectivity index (χ4v) is 2.50. The van der Waals surface area contributed by atoms with Crippen LogP contribution in [0.25, 0.3) is 16.9 Å². The minimum atomic E-state index is -0.209. The molecule has 0 radical (unpaired) electrons. The first-order valence-electron chi connectivity index (χ1n) is 8.07. The highest BCUT2D eigenvalue weighted by Gasteiger charge is 2.12. The summed E-state index contributed by atoms with van der Waals surface area (Å²) in [5.41, 5.74) is 8.51. The van der Waals surface area contributed by atoms with Crippen LogP contribution in [0.5, 0.6) is 0 Å². The van der Waals surface area contributed by atoms with Gasteiger partial charge in [-0.05, 0) is 43.2 Å². The molecule has 0 spiro atoms. The summed E-state index contributed by atoms with van der Waals surface area (Å²) in [6.45, 7) is 5.59. The van der Waals surface area contributed by atoms with Crippen molar-refractivity contribution >= 4 is 12.1 Å². The van der Waals surface area contributed by atoms with Crippen molar-refractivity contribution in [3.63, 3.8) is 0 Å². The third kappa shape index (κ3) is 3.83. The van der Waals surface area contributed by atoms with E-state index in [4.69, 9.17) is 5.10 Å². The quantitative estimate of drug-likeness (QED) is 0.586. The smallest absolute Gasteiger partial charge is 0.236 e. The van der Waals surface area contributed by atoms with E-state index < -0.39 is 0 Å². The third-order valence-electron chi connectivity index (χ3n) is 3.97. The Morgan fingerprint density at radius 2 is 1.88 bits per heavy atom. The number of nitrogens with zero attached hydrogens (tertiary/aromatic N) is 3. The normalized spacial score (nSPS) is 11.0. The molecule has 0 aliphatic carbocycles. The number of rotatable bonds is 4. The molecule has 0 unspecified atom stereocenters. The predicted octanol–water partition coefficient (Wildman–Crippen LogP) is 3.63. The maximum absolute atomic E-state index is 11.1. The summed E-state index contributed by atoms with van der Waals surface area (Å²) < 4.78 is 1.82. The number of aryl methyl sites for hydroxylation is 2. The van der Waals surface area contributed by atoms with E-state index >= 15 is 0 Å². The average molecular weight is 332 g/mol. The summed E-state index contributed by atoms with van der Waals surface area (Å²) in [5.74, 6) is -0.209. The zero-order valence-electron chi connectivity index (χ0n) is 14.5. The van der Waals surface area contributed by atoms with E-state index in [1.165, 1.54) is 18.1 Å². The highest BCUT2D eigenvalue weighted by atomic mass is 16.2. The topological polar surface area (TPSA) is 59.3 Å². The molecular formula is C20H20N4O. The van der Waals surface area contributed by atoms with Gasteiger partial charge in [-0.3, -0.25) is 4.79 Å². The van der Waals surface area contributed by atoms with Crippen LogP contribution in [0.3, 0.4) is 0 Å². The zero-order chi connectivity index (χ0) is 17.8. The number of hydrogen-bond acceptors (Lipinski definition) is 3. The van der Waals surface area contributed by atoms with Crippen LogP contribution in [0.2, 0.25) is 0 Å². The number of nitrogens with one attached hydrogen (secondary N) is 1. The number of hydrazone groups is 1. The van der Waals surface area contributed by atoms with Gasteiger partial charge in [0.25, 0.3) is 0 Å². The van der Waals surface area contributed by atoms with Gasteiger partial charge in [0.1, 0.15) is 5.69 Å². The van der Waals surface area contributed by atoms with Gasteiger partial charge < -0.3 is 0 Å². The maximum Gasteiger partial charge on any atom is 0.236 e. The van der Waals surface area contributed by atoms with Crippen molar-refractivity contribution in [3.8, 4) is 16.9 Å². The second-order valence-corrected chi connectivity index (χ2v) is 5.94. The van der Waals surface area contributed by atoms with Crippen LogP contribution in [-0.2, 0) is 4.79 Å². The fraction of sp³-hybridized carbons (Fsp3) is 0.150. The molecule has 0 atom stereocenters. The Labute approximate surface area is 147 Å². The number of carbonyl (C=O) groups excluding carboxylic acids is 1. The van der Waals surface area contributed by atoms with Crippen molar-refractivity contribution < 1.29 is 4.79 Å². The molecule has 1 amide bonds. The second-order valence-electron chi connectivity index (χ2n) is 5.94. The van der Waals surface area contributed by atoms with E-state index in [-0.39, 0.29) is 5.91 Å². The zero-order valence-corrected chi connectivity index (χ0v) is 14.5. The minimum Gasteiger partial charge on any atom is -0.274 e. The van der Waals surface area contributed by atoms with Crippen molar-refractivity contribution in [1.29, 1.82) is 0 Å². The largest absolute Gasteiger partial charge is 0.274 e. The Morgan fingerprint density at radius 3 is 2.56 bits per heavy atom. The van der Waals surface area contributed by atoms with Crippen molar-refractivity contribution in [2.45, 2.75) is 20.8 Å². The summed E-state index contributed by atoms with van der Waals surface area (Å²) in [6.07, 6.45) is 3.53. The molecule has 1 aromatic heterocycles. The first kappa shape index (κ1) is 16.6. The third-order valence-corrected chi connectivity index (χ3v) is 3.97. The van der Waals surface area contributed by atoms with Crippen LogP contribution >= 0.6 is 0 Å². The Bertz CT molecular complexity index is 926. The van der Waals surface area contributed by atoms with Crippen LogP contribution in [0.1, 0.15) is 23.6 Å². The Morgan fingerprint density at radius 1 is 1.12 bits per heavy atom. The first-order chi connectivity index (χ1) is 12.0. The summed E-state index contributed by atoms with van der Waals surface area (Å²) >= 11 is 0. The van der Waals surface area contributed by atoms with E-state index in [1.54, 1.807) is 6.21 Å². The Hall–Kier alpha value is -3.21. The summed E-state index contributed by atoms with van der Waals surface area (Å²) in [7, 11) is 0. The van der Waals surface area contributed by atoms with Gasteiger partial charge >= 0.3 is 0 Å². The van der Waals surface area contributed by atoms with Crippen molar-refractivity contribution in [2.24, 2.45) is 5.10 Å². The number of para-hydroxylation sites is 1. The average Bonchev–Trinajstić information content (AvgIpc) is 3.02. The molecule has 0 saturated carbocycles.